The van der Waals surface area contributed by atoms with Gasteiger partial charge in [-0.1, -0.05) is 19.8 Å². The van der Waals surface area contributed by atoms with Gasteiger partial charge in [-0.15, -0.1) is 10.2 Å². The van der Waals surface area contributed by atoms with Gasteiger partial charge < -0.3 is 10.2 Å². The molecule has 1 amide bonds. The Kier molecular flexibility index (Phi) is 4.71. The zero-order valence-electron chi connectivity index (χ0n) is 11.7. The van der Waals surface area contributed by atoms with E-state index in [0.29, 0.717) is 11.5 Å². The number of amides is 1. The lowest BCUT2D eigenvalue weighted by atomic mass is 9.92. The smallest absolute Gasteiger partial charge is 0.274 e. The molecule has 1 fully saturated rings. The minimum absolute atomic E-state index is 0.00472. The first-order valence-electron chi connectivity index (χ1n) is 7.05. The van der Waals surface area contributed by atoms with E-state index in [-0.39, 0.29) is 5.91 Å². The number of piperidine rings is 1. The number of hydrogen-bond donors (Lipinski definition) is 1. The molecule has 19 heavy (non-hydrogen) atoms. The van der Waals surface area contributed by atoms with Crippen molar-refractivity contribution in [1.29, 1.82) is 0 Å². The van der Waals surface area contributed by atoms with Crippen LogP contribution in [0.1, 0.15) is 43.1 Å². The van der Waals surface area contributed by atoms with Crippen LogP contribution in [0.15, 0.2) is 12.1 Å². The maximum atomic E-state index is 12.3. The highest BCUT2D eigenvalue weighted by Crippen LogP contribution is 2.22. The molecule has 1 saturated heterocycles. The Morgan fingerprint density at radius 1 is 1.37 bits per heavy atom. The van der Waals surface area contributed by atoms with Crippen molar-refractivity contribution < 1.29 is 4.79 Å². The fourth-order valence-corrected chi connectivity index (χ4v) is 2.57. The van der Waals surface area contributed by atoms with Gasteiger partial charge in [0.25, 0.3) is 5.91 Å². The maximum absolute atomic E-state index is 12.3. The molecule has 2 heterocycles. The maximum Gasteiger partial charge on any atom is 0.274 e. The molecule has 2 rings (SSSR count). The van der Waals surface area contributed by atoms with Crippen molar-refractivity contribution in [3.63, 3.8) is 0 Å². The van der Waals surface area contributed by atoms with Gasteiger partial charge in [0, 0.05) is 20.1 Å². The van der Waals surface area contributed by atoms with Crippen LogP contribution in [0, 0.1) is 5.92 Å². The minimum atomic E-state index is 0.00472. The Bertz CT molecular complexity index is 410. The second kappa shape index (κ2) is 6.50. The zero-order valence-corrected chi connectivity index (χ0v) is 11.7. The SMILES string of the molecule is CCCC1CCN(C(=O)c2ccc(NC)nn2)CC1. The van der Waals surface area contributed by atoms with Gasteiger partial charge >= 0.3 is 0 Å². The van der Waals surface area contributed by atoms with Gasteiger partial charge in [-0.25, -0.2) is 0 Å². The van der Waals surface area contributed by atoms with Gasteiger partial charge in [-0.2, -0.15) is 0 Å². The second-order valence-corrected chi connectivity index (χ2v) is 5.08. The number of nitrogens with zero attached hydrogens (tertiary/aromatic N) is 3. The lowest BCUT2D eigenvalue weighted by Gasteiger charge is -2.31. The lowest BCUT2D eigenvalue weighted by molar-refractivity contribution is 0.0679. The van der Waals surface area contributed by atoms with E-state index in [1.54, 1.807) is 19.2 Å². The molecular weight excluding hydrogens is 240 g/mol. The summed E-state index contributed by atoms with van der Waals surface area (Å²) in [5.74, 6) is 1.47. The Hall–Kier alpha value is -1.65. The molecule has 1 aromatic heterocycles. The summed E-state index contributed by atoms with van der Waals surface area (Å²) in [5.41, 5.74) is 0.438. The predicted molar refractivity (Wildman–Crippen MR) is 75.1 cm³/mol. The Balaban J connectivity index is 1.93. The highest BCUT2D eigenvalue weighted by atomic mass is 16.2. The third kappa shape index (κ3) is 3.43. The molecule has 0 aliphatic carbocycles. The first kappa shape index (κ1) is 13.8. The molecule has 1 aliphatic rings. The average molecular weight is 262 g/mol. The van der Waals surface area contributed by atoms with Crippen LogP contribution < -0.4 is 5.32 Å². The van der Waals surface area contributed by atoms with Crippen molar-refractivity contribution in [1.82, 2.24) is 15.1 Å². The normalized spacial score (nSPS) is 16.4. The summed E-state index contributed by atoms with van der Waals surface area (Å²) in [5, 5.41) is 10.8. The topological polar surface area (TPSA) is 58.1 Å². The predicted octanol–water partition coefficient (Wildman–Crippen LogP) is 2.17. The average Bonchev–Trinajstić information content (AvgIpc) is 2.48. The van der Waals surface area contributed by atoms with E-state index >= 15 is 0 Å². The van der Waals surface area contributed by atoms with Gasteiger partial charge in [0.1, 0.15) is 5.82 Å². The van der Waals surface area contributed by atoms with Crippen molar-refractivity contribution >= 4 is 11.7 Å². The number of anilines is 1. The van der Waals surface area contributed by atoms with E-state index in [4.69, 9.17) is 0 Å². The van der Waals surface area contributed by atoms with Crippen LogP contribution in [-0.4, -0.2) is 41.1 Å². The quantitative estimate of drug-likeness (QED) is 0.903. The number of aromatic nitrogens is 2. The van der Waals surface area contributed by atoms with Crippen LogP contribution in [0.25, 0.3) is 0 Å². The van der Waals surface area contributed by atoms with Crippen LogP contribution in [0.4, 0.5) is 5.82 Å². The summed E-state index contributed by atoms with van der Waals surface area (Å²) >= 11 is 0. The summed E-state index contributed by atoms with van der Waals surface area (Å²) in [7, 11) is 1.78. The van der Waals surface area contributed by atoms with Gasteiger partial charge in [0.05, 0.1) is 0 Å². The summed E-state index contributed by atoms with van der Waals surface area (Å²) in [4.78, 5) is 14.2. The first-order valence-corrected chi connectivity index (χ1v) is 7.05. The number of nitrogens with one attached hydrogen (secondary N) is 1. The largest absolute Gasteiger partial charge is 0.372 e. The summed E-state index contributed by atoms with van der Waals surface area (Å²) in [6.45, 7) is 3.91. The van der Waals surface area contributed by atoms with E-state index in [2.05, 4.69) is 22.4 Å². The number of carbonyl (C=O) groups excluding carboxylic acids is 1. The van der Waals surface area contributed by atoms with Gasteiger partial charge in [0.2, 0.25) is 0 Å². The molecule has 0 spiro atoms. The second-order valence-electron chi connectivity index (χ2n) is 5.08. The first-order chi connectivity index (χ1) is 9.24. The molecule has 1 aromatic rings. The third-order valence-electron chi connectivity index (χ3n) is 3.74. The lowest BCUT2D eigenvalue weighted by Crippen LogP contribution is -2.38. The number of carbonyl (C=O) groups is 1. The molecule has 0 atom stereocenters. The van der Waals surface area contributed by atoms with E-state index in [1.165, 1.54) is 12.8 Å². The van der Waals surface area contributed by atoms with Crippen LogP contribution >= 0.6 is 0 Å². The number of likely N-dealkylation sites (tertiary alicyclic amines) is 1. The standard InChI is InChI=1S/C14H22N4O/c1-3-4-11-7-9-18(10-8-11)14(19)12-5-6-13(15-2)17-16-12/h5-6,11H,3-4,7-10H2,1-2H3,(H,15,17). The van der Waals surface area contributed by atoms with Crippen molar-refractivity contribution in [3.05, 3.63) is 17.8 Å². The fourth-order valence-electron chi connectivity index (χ4n) is 2.57. The summed E-state index contributed by atoms with van der Waals surface area (Å²) < 4.78 is 0. The molecular formula is C14H22N4O. The number of rotatable bonds is 4. The molecule has 0 aromatic carbocycles. The number of hydrogen-bond acceptors (Lipinski definition) is 4. The fraction of sp³-hybridized carbons (Fsp3) is 0.643. The summed E-state index contributed by atoms with van der Waals surface area (Å²) in [6.07, 6.45) is 4.73. The van der Waals surface area contributed by atoms with Crippen molar-refractivity contribution in [2.24, 2.45) is 5.92 Å². The van der Waals surface area contributed by atoms with Gasteiger partial charge in [-0.3, -0.25) is 4.79 Å². The molecule has 0 saturated carbocycles. The molecule has 1 N–H and O–H groups in total. The van der Waals surface area contributed by atoms with Crippen LogP contribution in [0.3, 0.4) is 0 Å². The van der Waals surface area contributed by atoms with Crippen LogP contribution in [0.5, 0.6) is 0 Å². The van der Waals surface area contributed by atoms with Gasteiger partial charge in [-0.05, 0) is 30.9 Å². The minimum Gasteiger partial charge on any atom is -0.372 e. The monoisotopic (exact) mass is 262 g/mol. The zero-order chi connectivity index (χ0) is 13.7. The van der Waals surface area contributed by atoms with Crippen molar-refractivity contribution in [3.8, 4) is 0 Å². The van der Waals surface area contributed by atoms with Gasteiger partial charge in [0.15, 0.2) is 5.69 Å². The van der Waals surface area contributed by atoms with E-state index < -0.39 is 0 Å². The molecule has 0 bridgehead atoms. The molecule has 5 nitrogen and oxygen atoms in total. The van der Waals surface area contributed by atoms with E-state index in [0.717, 1.165) is 31.8 Å². The van der Waals surface area contributed by atoms with Crippen molar-refractivity contribution in [2.75, 3.05) is 25.5 Å². The Morgan fingerprint density at radius 2 is 2.11 bits per heavy atom. The Labute approximate surface area is 114 Å². The molecule has 1 aliphatic heterocycles. The van der Waals surface area contributed by atoms with E-state index in [1.807, 2.05) is 4.90 Å². The highest BCUT2D eigenvalue weighted by molar-refractivity contribution is 5.92. The van der Waals surface area contributed by atoms with Crippen LogP contribution in [0.2, 0.25) is 0 Å². The molecule has 5 heteroatoms. The summed E-state index contributed by atoms with van der Waals surface area (Å²) in [6, 6.07) is 3.52. The van der Waals surface area contributed by atoms with E-state index in [9.17, 15) is 4.79 Å². The Morgan fingerprint density at radius 3 is 2.63 bits per heavy atom. The molecule has 0 radical (unpaired) electrons. The third-order valence-corrected chi connectivity index (χ3v) is 3.74. The van der Waals surface area contributed by atoms with Crippen molar-refractivity contribution in [2.45, 2.75) is 32.6 Å². The molecule has 104 valence electrons. The van der Waals surface area contributed by atoms with Crippen LogP contribution in [-0.2, 0) is 0 Å². The highest BCUT2D eigenvalue weighted by Gasteiger charge is 2.23. The molecule has 0 unspecified atom stereocenters.